The lowest BCUT2D eigenvalue weighted by molar-refractivity contribution is 0.253. The Hall–Kier alpha value is -0.570. The maximum absolute atomic E-state index is 8.77. The van der Waals surface area contributed by atoms with Crippen molar-refractivity contribution in [3.63, 3.8) is 0 Å². The Morgan fingerprint density at radius 3 is 2.69 bits per heavy atom. The van der Waals surface area contributed by atoms with Gasteiger partial charge in [0, 0.05) is 5.71 Å². The Kier molecular flexibility index (Phi) is 4.22. The number of nitrogens with zero attached hydrogens (tertiary/aromatic N) is 1. The summed E-state index contributed by atoms with van der Waals surface area (Å²) in [5.41, 5.74) is 4.22. The molecule has 0 radical (unpaired) electrons. The monoisotopic (exact) mass is 184 g/mol. The zero-order valence-corrected chi connectivity index (χ0v) is 8.58. The van der Waals surface area contributed by atoms with Crippen molar-refractivity contribution >= 4 is 5.71 Å². The molecule has 0 bridgehead atoms. The van der Waals surface area contributed by atoms with Crippen LogP contribution < -0.4 is 5.43 Å². The van der Waals surface area contributed by atoms with Gasteiger partial charge < -0.3 is 10.5 Å². The highest BCUT2D eigenvalue weighted by Crippen LogP contribution is 2.20. The van der Waals surface area contributed by atoms with Crippen molar-refractivity contribution < 1.29 is 5.11 Å². The third kappa shape index (κ3) is 3.77. The van der Waals surface area contributed by atoms with E-state index in [-0.39, 0.29) is 12.6 Å². The van der Waals surface area contributed by atoms with Crippen LogP contribution in [0.2, 0.25) is 0 Å². The summed E-state index contributed by atoms with van der Waals surface area (Å²) in [6.07, 6.45) is 4.75. The van der Waals surface area contributed by atoms with E-state index in [4.69, 9.17) is 5.11 Å². The van der Waals surface area contributed by atoms with Gasteiger partial charge in [0.05, 0.1) is 12.6 Å². The summed E-state index contributed by atoms with van der Waals surface area (Å²) in [5.74, 6) is 0.856. The molecule has 2 N–H and O–H groups in total. The van der Waals surface area contributed by atoms with Gasteiger partial charge in [0.1, 0.15) is 0 Å². The topological polar surface area (TPSA) is 44.6 Å². The van der Waals surface area contributed by atoms with Gasteiger partial charge in [-0.25, -0.2) is 0 Å². The number of aliphatic hydroxyl groups excluding tert-OH is 1. The molecule has 1 atom stereocenters. The van der Waals surface area contributed by atoms with Crippen molar-refractivity contribution in [2.75, 3.05) is 6.61 Å². The lowest BCUT2D eigenvalue weighted by Gasteiger charge is -2.19. The first kappa shape index (κ1) is 10.5. The van der Waals surface area contributed by atoms with E-state index in [1.807, 2.05) is 6.92 Å². The van der Waals surface area contributed by atoms with Crippen LogP contribution in [0.15, 0.2) is 5.10 Å². The molecule has 13 heavy (non-hydrogen) atoms. The molecule has 0 aromatic carbocycles. The van der Waals surface area contributed by atoms with Gasteiger partial charge in [-0.2, -0.15) is 5.10 Å². The Labute approximate surface area is 80.2 Å². The van der Waals surface area contributed by atoms with Crippen molar-refractivity contribution in [3.8, 4) is 0 Å². The zero-order chi connectivity index (χ0) is 9.68. The van der Waals surface area contributed by atoms with Crippen molar-refractivity contribution in [1.82, 2.24) is 5.43 Å². The van der Waals surface area contributed by atoms with E-state index in [2.05, 4.69) is 17.5 Å². The van der Waals surface area contributed by atoms with Crippen LogP contribution in [0.5, 0.6) is 0 Å². The predicted octanol–water partition coefficient (Wildman–Crippen LogP) is 1.52. The van der Waals surface area contributed by atoms with Crippen LogP contribution in [0.4, 0.5) is 0 Å². The largest absolute Gasteiger partial charge is 0.394 e. The fourth-order valence-corrected chi connectivity index (χ4v) is 1.45. The van der Waals surface area contributed by atoms with Gasteiger partial charge in [0.15, 0.2) is 0 Å². The standard InChI is InChI=1S/C10H20N2O/c1-8-3-5-10(6-4-8)12-11-9(2)7-13/h8-9,11,13H,3-7H2,1-2H3. The van der Waals surface area contributed by atoms with E-state index in [1.165, 1.54) is 18.6 Å². The molecule has 0 aromatic rings. The fraction of sp³-hybridized carbons (Fsp3) is 0.900. The van der Waals surface area contributed by atoms with Crippen molar-refractivity contribution in [2.24, 2.45) is 11.0 Å². The molecule has 1 unspecified atom stereocenters. The summed E-state index contributed by atoms with van der Waals surface area (Å²) < 4.78 is 0. The molecular weight excluding hydrogens is 164 g/mol. The zero-order valence-electron chi connectivity index (χ0n) is 8.58. The Morgan fingerprint density at radius 1 is 1.54 bits per heavy atom. The first-order chi connectivity index (χ1) is 6.22. The second-order valence-corrected chi connectivity index (χ2v) is 4.07. The van der Waals surface area contributed by atoms with Crippen molar-refractivity contribution in [1.29, 1.82) is 0 Å². The van der Waals surface area contributed by atoms with E-state index in [9.17, 15) is 0 Å². The normalized spacial score (nSPS) is 25.5. The van der Waals surface area contributed by atoms with E-state index in [0.717, 1.165) is 18.8 Å². The molecule has 1 rings (SSSR count). The van der Waals surface area contributed by atoms with Crippen LogP contribution in [-0.2, 0) is 0 Å². The van der Waals surface area contributed by atoms with Gasteiger partial charge in [-0.05, 0) is 38.5 Å². The molecule has 0 saturated heterocycles. The van der Waals surface area contributed by atoms with Gasteiger partial charge in [0.25, 0.3) is 0 Å². The van der Waals surface area contributed by atoms with E-state index in [0.29, 0.717) is 0 Å². The molecule has 3 nitrogen and oxygen atoms in total. The molecule has 1 aliphatic rings. The smallest absolute Gasteiger partial charge is 0.0646 e. The molecule has 76 valence electrons. The highest BCUT2D eigenvalue weighted by molar-refractivity contribution is 5.84. The summed E-state index contributed by atoms with van der Waals surface area (Å²) in [6.45, 7) is 4.36. The number of hydrazone groups is 1. The highest BCUT2D eigenvalue weighted by Gasteiger charge is 2.13. The number of rotatable bonds is 3. The molecule has 0 aliphatic heterocycles. The van der Waals surface area contributed by atoms with Gasteiger partial charge in [-0.15, -0.1) is 0 Å². The summed E-state index contributed by atoms with van der Waals surface area (Å²) in [4.78, 5) is 0. The third-order valence-electron chi connectivity index (χ3n) is 2.57. The molecular formula is C10H20N2O. The maximum Gasteiger partial charge on any atom is 0.0646 e. The average molecular weight is 184 g/mol. The van der Waals surface area contributed by atoms with Crippen molar-refractivity contribution in [3.05, 3.63) is 0 Å². The van der Waals surface area contributed by atoms with Crippen LogP contribution in [0.3, 0.4) is 0 Å². The van der Waals surface area contributed by atoms with Crippen LogP contribution in [0.1, 0.15) is 39.5 Å². The average Bonchev–Trinajstić information content (AvgIpc) is 2.16. The molecule has 1 fully saturated rings. The Morgan fingerprint density at radius 2 is 2.15 bits per heavy atom. The van der Waals surface area contributed by atoms with Gasteiger partial charge in [-0.1, -0.05) is 6.92 Å². The van der Waals surface area contributed by atoms with Crippen molar-refractivity contribution in [2.45, 2.75) is 45.6 Å². The predicted molar refractivity (Wildman–Crippen MR) is 54.8 cm³/mol. The van der Waals surface area contributed by atoms with Crippen LogP contribution in [0.25, 0.3) is 0 Å². The minimum atomic E-state index is 0.0758. The highest BCUT2D eigenvalue weighted by atomic mass is 16.3. The molecule has 1 aliphatic carbocycles. The van der Waals surface area contributed by atoms with E-state index in [1.54, 1.807) is 0 Å². The minimum Gasteiger partial charge on any atom is -0.394 e. The second-order valence-electron chi connectivity index (χ2n) is 4.07. The molecule has 3 heteroatoms. The van der Waals surface area contributed by atoms with Crippen LogP contribution in [-0.4, -0.2) is 23.5 Å². The molecule has 0 spiro atoms. The molecule has 0 amide bonds. The van der Waals surface area contributed by atoms with Gasteiger partial charge >= 0.3 is 0 Å². The van der Waals surface area contributed by atoms with Crippen LogP contribution >= 0.6 is 0 Å². The second kappa shape index (κ2) is 5.22. The Balaban J connectivity index is 2.27. The number of hydrogen-bond donors (Lipinski definition) is 2. The van der Waals surface area contributed by atoms with Crippen LogP contribution in [0, 0.1) is 5.92 Å². The number of hydrogen-bond acceptors (Lipinski definition) is 3. The van der Waals surface area contributed by atoms with E-state index >= 15 is 0 Å². The molecule has 0 heterocycles. The maximum atomic E-state index is 8.77. The Bertz CT molecular complexity index is 170. The lowest BCUT2D eigenvalue weighted by atomic mass is 9.90. The van der Waals surface area contributed by atoms with E-state index < -0.39 is 0 Å². The minimum absolute atomic E-state index is 0.0758. The molecule has 0 aromatic heterocycles. The van der Waals surface area contributed by atoms with Gasteiger partial charge in [-0.3, -0.25) is 0 Å². The summed E-state index contributed by atoms with van der Waals surface area (Å²) >= 11 is 0. The first-order valence-corrected chi connectivity index (χ1v) is 5.14. The first-order valence-electron chi connectivity index (χ1n) is 5.14. The SMILES string of the molecule is CC1CCC(=NNC(C)CO)CC1. The van der Waals surface area contributed by atoms with Gasteiger partial charge in [0.2, 0.25) is 0 Å². The third-order valence-corrected chi connectivity index (χ3v) is 2.57. The number of nitrogens with one attached hydrogen (secondary N) is 1. The lowest BCUT2D eigenvalue weighted by Crippen LogP contribution is -2.26. The summed E-state index contributed by atoms with van der Waals surface area (Å²) in [6, 6.07) is 0.0758. The summed E-state index contributed by atoms with van der Waals surface area (Å²) in [5, 5.41) is 13.1. The fourth-order valence-electron chi connectivity index (χ4n) is 1.45. The molecule has 1 saturated carbocycles. The summed E-state index contributed by atoms with van der Waals surface area (Å²) in [7, 11) is 0. The quantitative estimate of drug-likeness (QED) is 0.653. The number of aliphatic hydroxyl groups is 1.